The zero-order valence-corrected chi connectivity index (χ0v) is 16.8. The van der Waals surface area contributed by atoms with Gasteiger partial charge in [0.2, 0.25) is 10.0 Å². The fourth-order valence-corrected chi connectivity index (χ4v) is 3.30. The molecule has 0 saturated carbocycles. The molecule has 1 heterocycles. The zero-order valence-electron chi connectivity index (χ0n) is 16.0. The van der Waals surface area contributed by atoms with Gasteiger partial charge in [0.05, 0.1) is 24.2 Å². The largest absolute Gasteiger partial charge is 0.487 e. The number of sulfonamides is 1. The van der Waals surface area contributed by atoms with Gasteiger partial charge in [0.1, 0.15) is 18.6 Å². The molecule has 3 rings (SSSR count). The average Bonchev–Trinajstić information content (AvgIpc) is 3.15. The summed E-state index contributed by atoms with van der Waals surface area (Å²) in [6.45, 7) is 5.03. The Balaban J connectivity index is 1.93. The molecule has 2 aromatic carbocycles. The first-order chi connectivity index (χ1) is 12.8. The number of hydroxylamine groups is 1. The molecule has 0 aromatic heterocycles. The second kappa shape index (κ2) is 7.52. The third-order valence-electron chi connectivity index (χ3n) is 4.51. The Bertz CT molecular complexity index is 962. The van der Waals surface area contributed by atoms with Gasteiger partial charge >= 0.3 is 0 Å². The van der Waals surface area contributed by atoms with Crippen LogP contribution >= 0.6 is 0 Å². The van der Waals surface area contributed by atoms with Crippen LogP contribution in [0.2, 0.25) is 0 Å². The van der Waals surface area contributed by atoms with Crippen molar-refractivity contribution in [3.8, 4) is 5.75 Å². The van der Waals surface area contributed by atoms with Gasteiger partial charge in [-0.15, -0.1) is 0 Å². The van der Waals surface area contributed by atoms with Crippen LogP contribution in [0, 0.1) is 13.8 Å². The summed E-state index contributed by atoms with van der Waals surface area (Å²) in [4.78, 5) is 5.42. The summed E-state index contributed by atoms with van der Waals surface area (Å²) in [5.41, 5.74) is 4.62. The molecule has 0 spiro atoms. The Labute approximate surface area is 160 Å². The van der Waals surface area contributed by atoms with Crippen molar-refractivity contribution < 1.29 is 18.0 Å². The Morgan fingerprint density at radius 3 is 2.63 bits per heavy atom. The fraction of sp³-hybridized carbons (Fsp3) is 0.300. The van der Waals surface area contributed by atoms with Gasteiger partial charge in [-0.25, -0.2) is 13.5 Å². The highest BCUT2D eigenvalue weighted by Crippen LogP contribution is 2.35. The van der Waals surface area contributed by atoms with E-state index < -0.39 is 10.0 Å². The molecule has 0 radical (unpaired) electrons. The average molecular weight is 388 g/mol. The number of hydrogen-bond acceptors (Lipinski definition) is 5. The minimum absolute atomic E-state index is 0.348. The number of hydrogen-bond donors (Lipinski definition) is 0. The Hall–Kier alpha value is -2.67. The predicted octanol–water partition coefficient (Wildman–Crippen LogP) is 3.54. The number of ether oxygens (including phenoxy) is 1. The molecule has 1 aliphatic heterocycles. The molecule has 2 aromatic rings. The normalized spacial score (nSPS) is 13.6. The minimum Gasteiger partial charge on any atom is -0.487 e. The minimum atomic E-state index is -3.41. The maximum Gasteiger partial charge on any atom is 0.232 e. The van der Waals surface area contributed by atoms with E-state index in [9.17, 15) is 8.42 Å². The molecule has 0 amide bonds. The Kier molecular flexibility index (Phi) is 5.32. The first-order valence-electron chi connectivity index (χ1n) is 8.62. The molecular weight excluding hydrogens is 364 g/mol. The number of benzene rings is 2. The number of rotatable bonds is 6. The van der Waals surface area contributed by atoms with Gasteiger partial charge in [-0.05, 0) is 43.2 Å². The van der Waals surface area contributed by atoms with Crippen LogP contribution in [0.1, 0.15) is 16.7 Å². The van der Waals surface area contributed by atoms with Gasteiger partial charge in [-0.3, -0.25) is 4.31 Å². The number of nitrogens with zero attached hydrogens (tertiary/aromatic N) is 2. The number of anilines is 2. The SMILES string of the molecule is Cc1ccc(C)c(COc2cc(N3CC=CO3)ccc2N(C)S(C)(=O)=O)c1. The van der Waals surface area contributed by atoms with E-state index in [1.807, 2.05) is 26.0 Å². The quantitative estimate of drug-likeness (QED) is 0.758. The fourth-order valence-electron chi connectivity index (χ4n) is 2.79. The topological polar surface area (TPSA) is 59.1 Å². The highest BCUT2D eigenvalue weighted by molar-refractivity contribution is 7.92. The van der Waals surface area contributed by atoms with E-state index in [2.05, 4.69) is 18.2 Å². The predicted molar refractivity (Wildman–Crippen MR) is 108 cm³/mol. The molecule has 6 nitrogen and oxygen atoms in total. The molecule has 0 aliphatic carbocycles. The van der Waals surface area contributed by atoms with E-state index in [-0.39, 0.29) is 0 Å². The van der Waals surface area contributed by atoms with Gasteiger partial charge < -0.3 is 9.57 Å². The van der Waals surface area contributed by atoms with Crippen LogP contribution in [0.5, 0.6) is 5.75 Å². The van der Waals surface area contributed by atoms with Gasteiger partial charge in [-0.1, -0.05) is 23.8 Å². The molecule has 0 bridgehead atoms. The summed E-state index contributed by atoms with van der Waals surface area (Å²) in [7, 11) is -1.90. The van der Waals surface area contributed by atoms with Gasteiger partial charge in [-0.2, -0.15) is 0 Å². The molecule has 0 unspecified atom stereocenters. The standard InChI is InChI=1S/C20H24N2O4S/c1-15-6-7-16(2)17(12-15)14-25-20-13-18(22-10-5-11-26-22)8-9-19(20)21(3)27(4,23)24/h5-9,11-13H,10,14H2,1-4H3. The van der Waals surface area contributed by atoms with Crippen LogP contribution in [0.4, 0.5) is 11.4 Å². The highest BCUT2D eigenvalue weighted by Gasteiger charge is 2.20. The third-order valence-corrected chi connectivity index (χ3v) is 5.70. The summed E-state index contributed by atoms with van der Waals surface area (Å²) in [5.74, 6) is 0.483. The smallest absolute Gasteiger partial charge is 0.232 e. The van der Waals surface area contributed by atoms with E-state index in [0.717, 1.165) is 22.4 Å². The summed E-state index contributed by atoms with van der Waals surface area (Å²) in [6, 6.07) is 11.5. The molecule has 144 valence electrons. The van der Waals surface area contributed by atoms with Gasteiger partial charge in [0, 0.05) is 13.1 Å². The monoisotopic (exact) mass is 388 g/mol. The second-order valence-corrected chi connectivity index (χ2v) is 8.65. The first-order valence-corrected chi connectivity index (χ1v) is 10.5. The van der Waals surface area contributed by atoms with Crippen LogP contribution in [0.25, 0.3) is 0 Å². The van der Waals surface area contributed by atoms with Crippen molar-refractivity contribution in [2.75, 3.05) is 29.2 Å². The van der Waals surface area contributed by atoms with Crippen molar-refractivity contribution in [3.63, 3.8) is 0 Å². The number of aryl methyl sites for hydroxylation is 2. The van der Waals surface area contributed by atoms with Crippen molar-refractivity contribution in [3.05, 3.63) is 65.4 Å². The molecule has 7 heteroatoms. The van der Waals surface area contributed by atoms with Gasteiger partial charge in [0.15, 0.2) is 0 Å². The van der Waals surface area contributed by atoms with Gasteiger partial charge in [0.25, 0.3) is 0 Å². The van der Waals surface area contributed by atoms with Crippen molar-refractivity contribution in [1.29, 1.82) is 0 Å². The van der Waals surface area contributed by atoms with Crippen LogP contribution in [-0.4, -0.2) is 28.3 Å². The van der Waals surface area contributed by atoms with E-state index in [1.165, 1.54) is 17.6 Å². The summed E-state index contributed by atoms with van der Waals surface area (Å²) < 4.78 is 31.3. The zero-order chi connectivity index (χ0) is 19.6. The van der Waals surface area contributed by atoms with Crippen LogP contribution in [0.15, 0.2) is 48.7 Å². The highest BCUT2D eigenvalue weighted by atomic mass is 32.2. The molecule has 0 saturated heterocycles. The first kappa shape index (κ1) is 19.1. The van der Waals surface area contributed by atoms with E-state index in [1.54, 1.807) is 23.5 Å². The van der Waals surface area contributed by atoms with Crippen LogP contribution in [0.3, 0.4) is 0 Å². The van der Waals surface area contributed by atoms with Crippen LogP contribution < -0.4 is 14.1 Å². The molecule has 27 heavy (non-hydrogen) atoms. The van der Waals surface area contributed by atoms with Crippen LogP contribution in [-0.2, 0) is 21.5 Å². The van der Waals surface area contributed by atoms with Crippen molar-refractivity contribution in [2.45, 2.75) is 20.5 Å². The van der Waals surface area contributed by atoms with Crippen molar-refractivity contribution >= 4 is 21.4 Å². The van der Waals surface area contributed by atoms with E-state index in [4.69, 9.17) is 9.57 Å². The molecule has 1 aliphatic rings. The summed E-state index contributed by atoms with van der Waals surface area (Å²) >= 11 is 0. The lowest BCUT2D eigenvalue weighted by Crippen LogP contribution is -2.25. The molecule has 0 atom stereocenters. The Morgan fingerprint density at radius 2 is 1.96 bits per heavy atom. The van der Waals surface area contributed by atoms with Crippen molar-refractivity contribution in [2.24, 2.45) is 0 Å². The second-order valence-electron chi connectivity index (χ2n) is 6.64. The lowest BCUT2D eigenvalue weighted by Gasteiger charge is -2.23. The third kappa shape index (κ3) is 4.36. The Morgan fingerprint density at radius 1 is 1.19 bits per heavy atom. The summed E-state index contributed by atoms with van der Waals surface area (Å²) in [5, 5.41) is 1.70. The van der Waals surface area contributed by atoms with E-state index >= 15 is 0 Å². The van der Waals surface area contributed by atoms with E-state index in [0.29, 0.717) is 24.6 Å². The molecular formula is C20H24N2O4S. The van der Waals surface area contributed by atoms with Crippen molar-refractivity contribution in [1.82, 2.24) is 0 Å². The maximum absolute atomic E-state index is 12.0. The maximum atomic E-state index is 12.0. The lowest BCUT2D eigenvalue weighted by molar-refractivity contribution is 0.246. The summed E-state index contributed by atoms with van der Waals surface area (Å²) in [6.07, 6.45) is 4.68. The lowest BCUT2D eigenvalue weighted by atomic mass is 10.1. The molecule has 0 fully saturated rings. The molecule has 0 N–H and O–H groups in total.